The van der Waals surface area contributed by atoms with Crippen LogP contribution < -0.4 is 10.5 Å². The van der Waals surface area contributed by atoms with Crippen LogP contribution in [0.3, 0.4) is 0 Å². The average molecular weight is 454 g/mol. The Morgan fingerprint density at radius 3 is 2.97 bits per heavy atom. The van der Waals surface area contributed by atoms with Crippen LogP contribution in [0.25, 0.3) is 20.7 Å². The van der Waals surface area contributed by atoms with Crippen LogP contribution in [0, 0.1) is 0 Å². The first-order valence-corrected chi connectivity index (χ1v) is 12.5. The summed E-state index contributed by atoms with van der Waals surface area (Å²) in [7, 11) is 0. The number of H-pyrrole nitrogens is 1. The quantitative estimate of drug-likeness (QED) is 0.466. The molecule has 0 radical (unpaired) electrons. The highest BCUT2D eigenvalue weighted by atomic mass is 32.2. The Bertz CT molecular complexity index is 1280. The van der Waals surface area contributed by atoms with Crippen molar-refractivity contribution in [2.24, 2.45) is 0 Å². The minimum atomic E-state index is -0.117. The molecule has 1 aromatic carbocycles. The van der Waals surface area contributed by atoms with Gasteiger partial charge in [0.25, 0.3) is 5.56 Å². The molecule has 4 heterocycles. The zero-order valence-electron chi connectivity index (χ0n) is 16.3. The number of fused-ring (bicyclic) bond motifs is 2. The number of nitrogens with zero attached hydrogens (tertiary/aromatic N) is 2. The van der Waals surface area contributed by atoms with E-state index in [0.717, 1.165) is 27.4 Å². The molecule has 8 heteroatoms. The Labute approximate surface area is 185 Å². The molecule has 3 aromatic heterocycles. The zero-order valence-corrected chi connectivity index (χ0v) is 18.7. The number of thiophene rings is 2. The van der Waals surface area contributed by atoms with Gasteiger partial charge in [0.05, 0.1) is 16.9 Å². The molecular formula is C22H19N3O2S3. The summed E-state index contributed by atoms with van der Waals surface area (Å²) in [6.07, 6.45) is 0.892. The molecule has 4 aromatic rings. The highest BCUT2D eigenvalue weighted by Gasteiger charge is 2.30. The van der Waals surface area contributed by atoms with E-state index in [-0.39, 0.29) is 17.5 Å². The first-order chi connectivity index (χ1) is 14.6. The van der Waals surface area contributed by atoms with Crippen molar-refractivity contribution in [2.75, 3.05) is 10.7 Å². The van der Waals surface area contributed by atoms with Crippen LogP contribution in [0.15, 0.2) is 52.0 Å². The third-order valence-electron chi connectivity index (χ3n) is 5.22. The lowest BCUT2D eigenvalue weighted by Crippen LogP contribution is -2.37. The number of nitrogens with one attached hydrogen (secondary N) is 1. The van der Waals surface area contributed by atoms with Crippen LogP contribution in [0.5, 0.6) is 0 Å². The largest absolute Gasteiger partial charge is 0.309 e. The smallest absolute Gasteiger partial charge is 0.260 e. The number of carbonyl (C=O) groups excluding carboxylic acids is 1. The molecule has 5 nitrogen and oxygen atoms in total. The van der Waals surface area contributed by atoms with Crippen LogP contribution in [-0.4, -0.2) is 27.7 Å². The normalized spacial score (nSPS) is 15.6. The van der Waals surface area contributed by atoms with Crippen molar-refractivity contribution < 1.29 is 4.79 Å². The lowest BCUT2D eigenvalue weighted by Gasteiger charge is -2.22. The summed E-state index contributed by atoms with van der Waals surface area (Å²) in [5.41, 5.74) is 3.06. The molecule has 152 valence electrons. The fourth-order valence-corrected chi connectivity index (χ4v) is 6.45. The summed E-state index contributed by atoms with van der Waals surface area (Å²) in [5, 5.41) is 4.64. The lowest BCUT2D eigenvalue weighted by molar-refractivity contribution is -0.116. The highest BCUT2D eigenvalue weighted by molar-refractivity contribution is 7.99. The molecule has 1 amide bonds. The van der Waals surface area contributed by atoms with Gasteiger partial charge in [-0.3, -0.25) is 9.59 Å². The van der Waals surface area contributed by atoms with Crippen molar-refractivity contribution in [1.29, 1.82) is 0 Å². The van der Waals surface area contributed by atoms with Crippen LogP contribution in [0.1, 0.15) is 18.3 Å². The third kappa shape index (κ3) is 3.49. The van der Waals surface area contributed by atoms with Gasteiger partial charge in [-0.05, 0) is 36.4 Å². The molecule has 0 spiro atoms. The number of aromatic nitrogens is 2. The van der Waals surface area contributed by atoms with Gasteiger partial charge in [0, 0.05) is 27.5 Å². The van der Waals surface area contributed by atoms with E-state index in [0.29, 0.717) is 22.7 Å². The number of benzene rings is 1. The van der Waals surface area contributed by atoms with E-state index in [9.17, 15) is 9.59 Å². The van der Waals surface area contributed by atoms with E-state index in [1.165, 1.54) is 28.7 Å². The molecule has 0 bridgehead atoms. The topological polar surface area (TPSA) is 66.1 Å². The van der Waals surface area contributed by atoms with Gasteiger partial charge in [-0.1, -0.05) is 24.3 Å². The molecule has 0 fully saturated rings. The minimum absolute atomic E-state index is 0.0944. The van der Waals surface area contributed by atoms with Gasteiger partial charge in [-0.2, -0.15) is 0 Å². The Balaban J connectivity index is 1.29. The Kier molecular flexibility index (Phi) is 5.22. The molecule has 0 aliphatic carbocycles. The highest BCUT2D eigenvalue weighted by Crippen LogP contribution is 2.34. The molecule has 1 aliphatic rings. The average Bonchev–Trinajstić information content (AvgIpc) is 3.45. The lowest BCUT2D eigenvalue weighted by atomic mass is 10.1. The van der Waals surface area contributed by atoms with E-state index >= 15 is 0 Å². The summed E-state index contributed by atoms with van der Waals surface area (Å²) in [4.78, 5) is 36.8. The van der Waals surface area contributed by atoms with Gasteiger partial charge in [-0.25, -0.2) is 4.98 Å². The number of anilines is 1. The van der Waals surface area contributed by atoms with Crippen LogP contribution in [0.2, 0.25) is 0 Å². The first-order valence-electron chi connectivity index (χ1n) is 9.64. The summed E-state index contributed by atoms with van der Waals surface area (Å²) in [6, 6.07) is 12.2. The number of rotatable bonds is 5. The number of carbonyl (C=O) groups is 1. The molecule has 1 atom stereocenters. The van der Waals surface area contributed by atoms with Gasteiger partial charge in [0.2, 0.25) is 5.91 Å². The second-order valence-electron chi connectivity index (χ2n) is 7.26. The Morgan fingerprint density at radius 1 is 1.27 bits per heavy atom. The number of hydrogen-bond donors (Lipinski definition) is 1. The van der Waals surface area contributed by atoms with Crippen molar-refractivity contribution in [2.45, 2.75) is 25.1 Å². The molecule has 0 saturated heterocycles. The zero-order chi connectivity index (χ0) is 20.7. The van der Waals surface area contributed by atoms with Crippen molar-refractivity contribution in [1.82, 2.24) is 9.97 Å². The Morgan fingerprint density at radius 2 is 2.13 bits per heavy atom. The molecule has 0 saturated carbocycles. The van der Waals surface area contributed by atoms with Gasteiger partial charge < -0.3 is 9.88 Å². The molecular weight excluding hydrogens is 434 g/mol. The third-order valence-corrected chi connectivity index (χ3v) is 7.92. The van der Waals surface area contributed by atoms with Crippen LogP contribution >= 0.6 is 34.4 Å². The van der Waals surface area contributed by atoms with Gasteiger partial charge in [0.1, 0.15) is 10.7 Å². The second kappa shape index (κ2) is 8.02. The number of hydrogen-bond acceptors (Lipinski definition) is 6. The summed E-state index contributed by atoms with van der Waals surface area (Å²) in [6.45, 7) is 2.08. The SMILES string of the molecule is CC1Cc2ccccc2N1C(=O)CSCc1nc2scc(-c3cccs3)c2c(=O)[nH]1. The molecule has 1 unspecified atom stereocenters. The predicted molar refractivity (Wildman–Crippen MR) is 127 cm³/mol. The predicted octanol–water partition coefficient (Wildman–Crippen LogP) is 4.92. The maximum Gasteiger partial charge on any atom is 0.260 e. The summed E-state index contributed by atoms with van der Waals surface area (Å²) < 4.78 is 0. The fraction of sp³-hybridized carbons (Fsp3) is 0.227. The fourth-order valence-electron chi connectivity index (χ4n) is 3.93. The molecule has 30 heavy (non-hydrogen) atoms. The Hall–Kier alpha value is -2.42. The van der Waals surface area contributed by atoms with Crippen molar-refractivity contribution >= 4 is 56.2 Å². The standard InChI is InChI=1S/C22H19N3O2S3/c1-13-9-14-5-2-3-6-16(14)25(13)19(26)12-28-11-18-23-21(27)20-15(10-30-22(20)24-18)17-7-4-8-29-17/h2-8,10,13H,9,11-12H2,1H3,(H,23,24,27). The van der Waals surface area contributed by atoms with E-state index in [4.69, 9.17) is 0 Å². The maximum atomic E-state index is 12.8. The van der Waals surface area contributed by atoms with E-state index in [2.05, 4.69) is 23.0 Å². The first kappa shape index (κ1) is 19.5. The van der Waals surface area contributed by atoms with Crippen LogP contribution in [0.4, 0.5) is 5.69 Å². The van der Waals surface area contributed by atoms with Gasteiger partial charge in [-0.15, -0.1) is 34.4 Å². The number of thioether (sulfide) groups is 1. The van der Waals surface area contributed by atoms with Crippen molar-refractivity contribution in [3.8, 4) is 10.4 Å². The van der Waals surface area contributed by atoms with E-state index in [1.54, 1.807) is 11.3 Å². The maximum absolute atomic E-state index is 12.8. The monoisotopic (exact) mass is 453 g/mol. The van der Waals surface area contributed by atoms with Crippen molar-refractivity contribution in [3.05, 3.63) is 68.9 Å². The molecule has 1 aliphatic heterocycles. The minimum Gasteiger partial charge on any atom is -0.309 e. The number of amides is 1. The van der Waals surface area contributed by atoms with Crippen LogP contribution in [-0.2, 0) is 17.0 Å². The summed E-state index contributed by atoms with van der Waals surface area (Å²) >= 11 is 4.58. The van der Waals surface area contributed by atoms with Crippen molar-refractivity contribution in [3.63, 3.8) is 0 Å². The summed E-state index contributed by atoms with van der Waals surface area (Å²) in [5.74, 6) is 1.55. The van der Waals surface area contributed by atoms with Gasteiger partial charge in [0.15, 0.2) is 0 Å². The molecule has 5 rings (SSSR count). The number of para-hydroxylation sites is 1. The van der Waals surface area contributed by atoms with Gasteiger partial charge >= 0.3 is 0 Å². The van der Waals surface area contributed by atoms with E-state index in [1.807, 2.05) is 46.0 Å². The second-order valence-corrected chi connectivity index (χ2v) is 10.0. The van der Waals surface area contributed by atoms with E-state index < -0.39 is 0 Å². The molecule has 1 N–H and O–H groups in total. The number of aromatic amines is 1.